The monoisotopic (exact) mass is 256 g/mol. The van der Waals surface area contributed by atoms with E-state index in [1.165, 1.54) is 18.4 Å². The number of rotatable bonds is 5. The van der Waals surface area contributed by atoms with Crippen LogP contribution in [0.3, 0.4) is 0 Å². The number of hydrogen-bond acceptors (Lipinski definition) is 2. The molecule has 1 aliphatic rings. The van der Waals surface area contributed by atoms with Gasteiger partial charge in [0, 0.05) is 18.7 Å². The van der Waals surface area contributed by atoms with Crippen LogP contribution in [-0.4, -0.2) is 23.9 Å². The lowest BCUT2D eigenvalue weighted by atomic mass is 10.0. The zero-order valence-electron chi connectivity index (χ0n) is 11.6. The second kappa shape index (κ2) is 5.88. The maximum absolute atomic E-state index is 12.6. The number of hydrogen-bond donors (Lipinski definition) is 0. The number of amides is 1. The Morgan fingerprint density at radius 2 is 2.16 bits per heavy atom. The molecule has 0 atom stereocenters. The number of aryl methyl sites for hydroxylation is 2. The third kappa shape index (κ3) is 3.57. The minimum Gasteiger partial charge on any atom is -0.337 e. The summed E-state index contributed by atoms with van der Waals surface area (Å²) < 4.78 is 0. The molecule has 1 aliphatic carbocycles. The van der Waals surface area contributed by atoms with E-state index in [0.29, 0.717) is 18.9 Å². The Morgan fingerprint density at radius 1 is 1.42 bits per heavy atom. The average Bonchev–Trinajstić information content (AvgIpc) is 3.17. The van der Waals surface area contributed by atoms with Crippen LogP contribution in [0.15, 0.2) is 18.2 Å². The molecule has 1 fully saturated rings. The molecule has 0 aromatic heterocycles. The first-order chi connectivity index (χ1) is 9.11. The van der Waals surface area contributed by atoms with Crippen molar-refractivity contribution in [3.05, 3.63) is 34.9 Å². The number of benzene rings is 1. The number of carbonyl (C=O) groups is 1. The first-order valence-electron chi connectivity index (χ1n) is 6.85. The maximum atomic E-state index is 12.6. The van der Waals surface area contributed by atoms with Crippen LogP contribution in [-0.2, 0) is 0 Å². The number of nitrogens with zero attached hydrogens (tertiary/aromatic N) is 2. The van der Waals surface area contributed by atoms with E-state index in [-0.39, 0.29) is 5.91 Å². The van der Waals surface area contributed by atoms with Crippen molar-refractivity contribution in [3.8, 4) is 6.07 Å². The fourth-order valence-corrected chi connectivity index (χ4v) is 2.30. The van der Waals surface area contributed by atoms with Gasteiger partial charge in [-0.15, -0.1) is 0 Å². The molecule has 0 N–H and O–H groups in total. The van der Waals surface area contributed by atoms with E-state index in [9.17, 15) is 4.79 Å². The minimum atomic E-state index is 0.0691. The van der Waals surface area contributed by atoms with E-state index in [0.717, 1.165) is 17.7 Å². The Hall–Kier alpha value is -1.82. The highest BCUT2D eigenvalue weighted by Gasteiger charge is 2.27. The van der Waals surface area contributed by atoms with Crippen LogP contribution in [0, 0.1) is 31.1 Å². The molecular weight excluding hydrogens is 236 g/mol. The van der Waals surface area contributed by atoms with Crippen LogP contribution in [0.1, 0.15) is 40.7 Å². The first-order valence-corrected chi connectivity index (χ1v) is 6.85. The average molecular weight is 256 g/mol. The van der Waals surface area contributed by atoms with Crippen molar-refractivity contribution in [1.82, 2.24) is 4.90 Å². The highest BCUT2D eigenvalue weighted by Crippen LogP contribution is 2.30. The highest BCUT2D eigenvalue weighted by molar-refractivity contribution is 5.95. The summed E-state index contributed by atoms with van der Waals surface area (Å²) in [6.07, 6.45) is 2.83. The lowest BCUT2D eigenvalue weighted by Gasteiger charge is -2.22. The molecule has 2 rings (SSSR count). The summed E-state index contributed by atoms with van der Waals surface area (Å²) in [6, 6.07) is 8.04. The lowest BCUT2D eigenvalue weighted by molar-refractivity contribution is 0.0750. The molecule has 0 radical (unpaired) electrons. The molecule has 1 amide bonds. The third-order valence-corrected chi connectivity index (χ3v) is 3.57. The molecule has 0 aliphatic heterocycles. The van der Waals surface area contributed by atoms with Crippen LogP contribution in [0.4, 0.5) is 0 Å². The van der Waals surface area contributed by atoms with Crippen LogP contribution in [0.2, 0.25) is 0 Å². The Kier molecular flexibility index (Phi) is 4.21. The van der Waals surface area contributed by atoms with Gasteiger partial charge < -0.3 is 4.90 Å². The first kappa shape index (κ1) is 13.6. The predicted molar refractivity (Wildman–Crippen MR) is 74.8 cm³/mol. The third-order valence-electron chi connectivity index (χ3n) is 3.57. The summed E-state index contributed by atoms with van der Waals surface area (Å²) in [6.45, 7) is 5.34. The molecule has 0 bridgehead atoms. The predicted octanol–water partition coefficient (Wildman–Crippen LogP) is 3.07. The van der Waals surface area contributed by atoms with Crippen molar-refractivity contribution >= 4 is 5.91 Å². The molecular formula is C16H20N2O. The van der Waals surface area contributed by atoms with Gasteiger partial charge in [0.15, 0.2) is 0 Å². The number of nitriles is 1. The zero-order valence-corrected chi connectivity index (χ0v) is 11.6. The second-order valence-corrected chi connectivity index (χ2v) is 5.42. The Bertz CT molecular complexity index is 512. The maximum Gasteiger partial charge on any atom is 0.254 e. The van der Waals surface area contributed by atoms with Gasteiger partial charge in [0.25, 0.3) is 5.91 Å². The van der Waals surface area contributed by atoms with Gasteiger partial charge in [-0.3, -0.25) is 4.79 Å². The fourth-order valence-electron chi connectivity index (χ4n) is 2.30. The normalized spacial score (nSPS) is 13.9. The summed E-state index contributed by atoms with van der Waals surface area (Å²) in [5, 5.41) is 8.72. The molecule has 1 aromatic rings. The van der Waals surface area contributed by atoms with Crippen molar-refractivity contribution in [2.24, 2.45) is 5.92 Å². The van der Waals surface area contributed by atoms with Crippen LogP contribution < -0.4 is 0 Å². The van der Waals surface area contributed by atoms with Crippen molar-refractivity contribution in [1.29, 1.82) is 5.26 Å². The molecule has 3 nitrogen and oxygen atoms in total. The largest absolute Gasteiger partial charge is 0.337 e. The smallest absolute Gasteiger partial charge is 0.254 e. The molecule has 1 aromatic carbocycles. The van der Waals surface area contributed by atoms with Gasteiger partial charge >= 0.3 is 0 Å². The number of carbonyl (C=O) groups excluding carboxylic acids is 1. The lowest BCUT2D eigenvalue weighted by Crippen LogP contribution is -2.34. The van der Waals surface area contributed by atoms with Crippen LogP contribution in [0.25, 0.3) is 0 Å². The van der Waals surface area contributed by atoms with Gasteiger partial charge in [-0.1, -0.05) is 17.7 Å². The summed E-state index contributed by atoms with van der Waals surface area (Å²) in [5.74, 6) is 0.716. The van der Waals surface area contributed by atoms with Gasteiger partial charge in [-0.2, -0.15) is 5.26 Å². The molecule has 1 saturated carbocycles. The Balaban J connectivity index is 2.14. The van der Waals surface area contributed by atoms with E-state index in [1.807, 2.05) is 36.9 Å². The summed E-state index contributed by atoms with van der Waals surface area (Å²) in [5.41, 5.74) is 2.95. The Morgan fingerprint density at radius 3 is 2.74 bits per heavy atom. The van der Waals surface area contributed by atoms with Gasteiger partial charge in [-0.05, 0) is 44.2 Å². The van der Waals surface area contributed by atoms with Gasteiger partial charge in [0.2, 0.25) is 0 Å². The molecule has 3 heteroatoms. The molecule has 100 valence electrons. The molecule has 0 saturated heterocycles. The quantitative estimate of drug-likeness (QED) is 0.812. The van der Waals surface area contributed by atoms with Crippen LogP contribution >= 0.6 is 0 Å². The van der Waals surface area contributed by atoms with E-state index in [1.54, 1.807) is 0 Å². The van der Waals surface area contributed by atoms with E-state index in [4.69, 9.17) is 5.26 Å². The van der Waals surface area contributed by atoms with Crippen molar-refractivity contribution in [2.75, 3.05) is 13.1 Å². The van der Waals surface area contributed by atoms with Crippen molar-refractivity contribution in [2.45, 2.75) is 33.1 Å². The summed E-state index contributed by atoms with van der Waals surface area (Å²) in [4.78, 5) is 14.4. The Labute approximate surface area is 114 Å². The highest BCUT2D eigenvalue weighted by atomic mass is 16.2. The SMILES string of the molecule is Cc1ccc(C(=O)N(CCC#N)CC2CC2)c(C)c1. The van der Waals surface area contributed by atoms with Gasteiger partial charge in [0.05, 0.1) is 12.5 Å². The zero-order chi connectivity index (χ0) is 13.8. The van der Waals surface area contributed by atoms with E-state index >= 15 is 0 Å². The van der Waals surface area contributed by atoms with Crippen LogP contribution in [0.5, 0.6) is 0 Å². The van der Waals surface area contributed by atoms with Gasteiger partial charge in [-0.25, -0.2) is 0 Å². The summed E-state index contributed by atoms with van der Waals surface area (Å²) in [7, 11) is 0. The minimum absolute atomic E-state index is 0.0691. The summed E-state index contributed by atoms with van der Waals surface area (Å²) >= 11 is 0. The molecule has 0 heterocycles. The van der Waals surface area contributed by atoms with Crippen molar-refractivity contribution < 1.29 is 4.79 Å². The molecule has 0 spiro atoms. The fraction of sp³-hybridized carbons (Fsp3) is 0.500. The second-order valence-electron chi connectivity index (χ2n) is 5.42. The standard InChI is InChI=1S/C16H20N2O/c1-12-4-7-15(13(2)10-12)16(19)18(9-3-8-17)11-14-5-6-14/h4,7,10,14H,3,5-6,9,11H2,1-2H3. The molecule has 19 heavy (non-hydrogen) atoms. The topological polar surface area (TPSA) is 44.1 Å². The molecule has 0 unspecified atom stereocenters. The van der Waals surface area contributed by atoms with Crippen molar-refractivity contribution in [3.63, 3.8) is 0 Å². The van der Waals surface area contributed by atoms with E-state index < -0.39 is 0 Å². The van der Waals surface area contributed by atoms with E-state index in [2.05, 4.69) is 6.07 Å². The van der Waals surface area contributed by atoms with Gasteiger partial charge in [0.1, 0.15) is 0 Å².